The zero-order valence-corrected chi connectivity index (χ0v) is 17.9. The minimum absolute atomic E-state index is 0.0501. The molecule has 31 heavy (non-hydrogen) atoms. The Morgan fingerprint density at radius 2 is 1.71 bits per heavy atom. The van der Waals surface area contributed by atoms with Crippen molar-refractivity contribution in [2.24, 2.45) is 0 Å². The number of halogens is 4. The van der Waals surface area contributed by atoms with Gasteiger partial charge in [0, 0.05) is 10.5 Å². The fourth-order valence-electron chi connectivity index (χ4n) is 3.27. The average Bonchev–Trinajstić information content (AvgIpc) is 2.73. The van der Waals surface area contributed by atoms with E-state index in [1.807, 2.05) is 31.2 Å². The van der Waals surface area contributed by atoms with Crippen LogP contribution in [-0.4, -0.2) is 0 Å². The van der Waals surface area contributed by atoms with Crippen LogP contribution in [0.15, 0.2) is 80.4 Å². The van der Waals surface area contributed by atoms with E-state index in [2.05, 4.69) is 15.9 Å². The lowest BCUT2D eigenvalue weighted by atomic mass is 10.0. The third-order valence-corrected chi connectivity index (χ3v) is 5.44. The summed E-state index contributed by atoms with van der Waals surface area (Å²) in [5.41, 5.74) is 0.674. The number of rotatable bonds is 4. The van der Waals surface area contributed by atoms with Crippen LogP contribution in [0.5, 0.6) is 5.75 Å². The molecule has 1 aromatic heterocycles. The molecule has 1 heterocycles. The summed E-state index contributed by atoms with van der Waals surface area (Å²) in [6.07, 6.45) is -4.84. The number of ether oxygens (including phenoxy) is 1. The molecule has 0 unspecified atom stereocenters. The Balaban J connectivity index is 1.80. The molecule has 0 radical (unpaired) electrons. The predicted octanol–water partition coefficient (Wildman–Crippen LogP) is 7.13. The van der Waals surface area contributed by atoms with E-state index in [9.17, 15) is 18.0 Å². The van der Waals surface area contributed by atoms with Gasteiger partial charge in [-0.3, -0.25) is 4.79 Å². The Morgan fingerprint density at radius 3 is 2.39 bits per heavy atom. The van der Waals surface area contributed by atoms with Gasteiger partial charge in [-0.25, -0.2) is 0 Å². The third-order valence-electron chi connectivity index (χ3n) is 4.91. The normalized spacial score (nSPS) is 11.6. The maximum absolute atomic E-state index is 13.8. The van der Waals surface area contributed by atoms with Crippen molar-refractivity contribution < 1.29 is 22.3 Å². The second-order valence-electron chi connectivity index (χ2n) is 7.01. The molecule has 4 aromatic rings. The summed E-state index contributed by atoms with van der Waals surface area (Å²) in [7, 11) is 0. The lowest BCUT2D eigenvalue weighted by molar-refractivity contribution is -0.152. The fraction of sp³-hybridized carbons (Fsp3) is 0.125. The summed E-state index contributed by atoms with van der Waals surface area (Å²) in [4.78, 5) is 13.0. The van der Waals surface area contributed by atoms with E-state index in [4.69, 9.17) is 9.15 Å². The molecule has 158 valence electrons. The van der Waals surface area contributed by atoms with Gasteiger partial charge in [0.05, 0.1) is 10.9 Å². The first-order chi connectivity index (χ1) is 14.7. The van der Waals surface area contributed by atoms with Gasteiger partial charge < -0.3 is 9.15 Å². The average molecular weight is 489 g/mol. The van der Waals surface area contributed by atoms with Gasteiger partial charge in [-0.05, 0) is 47.9 Å². The number of benzene rings is 3. The molecule has 4 rings (SSSR count). The van der Waals surface area contributed by atoms with Crippen molar-refractivity contribution in [2.45, 2.75) is 19.7 Å². The first-order valence-electron chi connectivity index (χ1n) is 9.35. The smallest absolute Gasteiger partial charge is 0.450 e. The summed E-state index contributed by atoms with van der Waals surface area (Å²) < 4.78 is 52.9. The Labute approximate surface area is 184 Å². The molecule has 3 nitrogen and oxygen atoms in total. The van der Waals surface area contributed by atoms with Gasteiger partial charge in [0.1, 0.15) is 17.9 Å². The van der Waals surface area contributed by atoms with E-state index < -0.39 is 22.9 Å². The molecular formula is C24H16BrF3O3. The van der Waals surface area contributed by atoms with Gasteiger partial charge in [-0.2, -0.15) is 13.2 Å². The Kier molecular flexibility index (Phi) is 5.62. The second kappa shape index (κ2) is 8.23. The van der Waals surface area contributed by atoms with E-state index in [-0.39, 0.29) is 23.1 Å². The molecule has 0 N–H and O–H groups in total. The van der Waals surface area contributed by atoms with E-state index in [0.29, 0.717) is 10.2 Å². The van der Waals surface area contributed by atoms with Gasteiger partial charge in [-0.1, -0.05) is 52.3 Å². The zero-order valence-electron chi connectivity index (χ0n) is 16.3. The highest BCUT2D eigenvalue weighted by atomic mass is 79.9. The molecule has 7 heteroatoms. The second-order valence-corrected chi connectivity index (χ2v) is 7.93. The van der Waals surface area contributed by atoms with Crippen LogP contribution >= 0.6 is 15.9 Å². The maximum Gasteiger partial charge on any atom is 0.450 e. The van der Waals surface area contributed by atoms with Crippen molar-refractivity contribution in [3.05, 3.63) is 98.3 Å². The van der Waals surface area contributed by atoms with Crippen molar-refractivity contribution >= 4 is 26.9 Å². The number of fused-ring (bicyclic) bond motifs is 1. The van der Waals surface area contributed by atoms with Gasteiger partial charge in [-0.15, -0.1) is 0 Å². The van der Waals surface area contributed by atoms with Crippen molar-refractivity contribution in [1.29, 1.82) is 0 Å². The van der Waals surface area contributed by atoms with Crippen LogP contribution in [0, 0.1) is 6.92 Å². The molecule has 0 aliphatic carbocycles. The molecule has 0 atom stereocenters. The topological polar surface area (TPSA) is 39.4 Å². The third kappa shape index (κ3) is 4.37. The van der Waals surface area contributed by atoms with Gasteiger partial charge in [0.2, 0.25) is 11.2 Å². The first-order valence-corrected chi connectivity index (χ1v) is 10.1. The molecule has 0 amide bonds. The number of hydrogen-bond acceptors (Lipinski definition) is 3. The first kappa shape index (κ1) is 21.2. The molecular weight excluding hydrogens is 473 g/mol. The van der Waals surface area contributed by atoms with Crippen molar-refractivity contribution in [3.63, 3.8) is 0 Å². The van der Waals surface area contributed by atoms with Gasteiger partial charge in [0.25, 0.3) is 0 Å². The zero-order chi connectivity index (χ0) is 22.2. The molecule has 0 saturated heterocycles. The SMILES string of the molecule is Cc1ccccc1COc1ccc2c(=O)c(-c3ccc(Br)cc3)c(C(F)(F)F)oc2c1. The molecule has 0 saturated carbocycles. The van der Waals surface area contributed by atoms with Crippen LogP contribution in [0.1, 0.15) is 16.9 Å². The molecule has 0 aliphatic rings. The highest BCUT2D eigenvalue weighted by Gasteiger charge is 2.39. The minimum Gasteiger partial charge on any atom is -0.489 e. The van der Waals surface area contributed by atoms with Gasteiger partial charge >= 0.3 is 6.18 Å². The molecule has 0 spiro atoms. The fourth-order valence-corrected chi connectivity index (χ4v) is 3.54. The molecule has 0 bridgehead atoms. The van der Waals surface area contributed by atoms with E-state index in [1.54, 1.807) is 18.2 Å². The maximum atomic E-state index is 13.8. The standard InChI is InChI=1S/C24H16BrF3O3/c1-14-4-2-3-5-16(14)13-30-18-10-11-19-20(12-18)31-23(24(26,27)28)21(22(19)29)15-6-8-17(25)9-7-15/h2-12H,13H2,1H3. The lowest BCUT2D eigenvalue weighted by Crippen LogP contribution is -2.16. The summed E-state index contributed by atoms with van der Waals surface area (Å²) in [5, 5.41) is 0.0501. The molecule has 3 aromatic carbocycles. The quantitative estimate of drug-likeness (QED) is 0.306. The van der Waals surface area contributed by atoms with Crippen LogP contribution in [-0.2, 0) is 12.8 Å². The summed E-state index contributed by atoms with van der Waals surface area (Å²) in [6, 6.07) is 18.0. The minimum atomic E-state index is -4.84. The largest absolute Gasteiger partial charge is 0.489 e. The number of alkyl halides is 3. The van der Waals surface area contributed by atoms with E-state index in [1.165, 1.54) is 24.3 Å². The van der Waals surface area contributed by atoms with Crippen molar-refractivity contribution in [2.75, 3.05) is 0 Å². The Bertz CT molecular complexity index is 1310. The van der Waals surface area contributed by atoms with Crippen LogP contribution in [0.4, 0.5) is 13.2 Å². The highest BCUT2D eigenvalue weighted by Crippen LogP contribution is 2.38. The summed E-state index contributed by atoms with van der Waals surface area (Å²) in [6.45, 7) is 2.18. The van der Waals surface area contributed by atoms with Crippen LogP contribution < -0.4 is 10.2 Å². The molecule has 0 fully saturated rings. The number of aryl methyl sites for hydroxylation is 1. The highest BCUT2D eigenvalue weighted by molar-refractivity contribution is 9.10. The van der Waals surface area contributed by atoms with Gasteiger partial charge in [0.15, 0.2) is 0 Å². The van der Waals surface area contributed by atoms with E-state index >= 15 is 0 Å². The monoisotopic (exact) mass is 488 g/mol. The summed E-state index contributed by atoms with van der Waals surface area (Å²) in [5.74, 6) is -1.02. The van der Waals surface area contributed by atoms with Crippen LogP contribution in [0.3, 0.4) is 0 Å². The Morgan fingerprint density at radius 1 is 1.00 bits per heavy atom. The summed E-state index contributed by atoms with van der Waals surface area (Å²) >= 11 is 3.24. The van der Waals surface area contributed by atoms with E-state index in [0.717, 1.165) is 11.1 Å². The van der Waals surface area contributed by atoms with Crippen LogP contribution in [0.2, 0.25) is 0 Å². The number of hydrogen-bond donors (Lipinski definition) is 0. The predicted molar refractivity (Wildman–Crippen MR) is 116 cm³/mol. The van der Waals surface area contributed by atoms with Crippen molar-refractivity contribution in [1.82, 2.24) is 0 Å². The van der Waals surface area contributed by atoms with Crippen molar-refractivity contribution in [3.8, 4) is 16.9 Å². The van der Waals surface area contributed by atoms with Crippen LogP contribution in [0.25, 0.3) is 22.1 Å². The molecule has 0 aliphatic heterocycles. The lowest BCUT2D eigenvalue weighted by Gasteiger charge is -2.14. The Hall–Kier alpha value is -3.06.